The van der Waals surface area contributed by atoms with E-state index in [2.05, 4.69) is 33.9 Å². The lowest BCUT2D eigenvalue weighted by Crippen LogP contribution is -2.09. The Hall–Kier alpha value is -1.29. The van der Waals surface area contributed by atoms with Crippen molar-refractivity contribution in [2.45, 2.75) is 39.0 Å². The summed E-state index contributed by atoms with van der Waals surface area (Å²) in [4.78, 5) is 14.5. The third kappa shape index (κ3) is 2.84. The van der Waals surface area contributed by atoms with Gasteiger partial charge in [-0.2, -0.15) is 0 Å². The van der Waals surface area contributed by atoms with Crippen LogP contribution in [0.4, 0.5) is 0 Å². The molecule has 0 saturated heterocycles. The largest absolute Gasteiger partial charge is 0.481 e. The minimum Gasteiger partial charge on any atom is -0.481 e. The number of H-pyrrole nitrogens is 1. The molecule has 102 valence electrons. The number of aromatic nitrogens is 1. The maximum absolute atomic E-state index is 11.2. The third-order valence-electron chi connectivity index (χ3n) is 3.48. The molecule has 0 amide bonds. The fourth-order valence-corrected chi connectivity index (χ4v) is 2.73. The molecule has 1 heterocycles. The number of carbonyl (C=O) groups is 1. The van der Waals surface area contributed by atoms with Crippen LogP contribution >= 0.6 is 15.9 Å². The summed E-state index contributed by atoms with van der Waals surface area (Å²) in [6, 6.07) is 6.06. The lowest BCUT2D eigenvalue weighted by molar-refractivity contribution is -0.138. The van der Waals surface area contributed by atoms with Crippen LogP contribution in [0.1, 0.15) is 43.9 Å². The van der Waals surface area contributed by atoms with Crippen LogP contribution in [0, 0.1) is 0 Å². The van der Waals surface area contributed by atoms with Crippen LogP contribution < -0.4 is 0 Å². The Bertz CT molecular complexity index is 603. The molecule has 0 radical (unpaired) electrons. The van der Waals surface area contributed by atoms with Gasteiger partial charge in [0.05, 0.1) is 5.92 Å². The number of hydrogen-bond donors (Lipinski definition) is 2. The molecule has 0 saturated carbocycles. The topological polar surface area (TPSA) is 53.1 Å². The summed E-state index contributed by atoms with van der Waals surface area (Å²) in [5.74, 6) is -1.29. The smallest absolute Gasteiger partial charge is 0.312 e. The van der Waals surface area contributed by atoms with E-state index in [1.807, 2.05) is 12.1 Å². The molecule has 2 rings (SSSR count). The minimum absolute atomic E-state index is 0.502. The number of benzene rings is 1. The Kier molecular flexibility index (Phi) is 4.30. The molecular weight excluding hydrogens is 306 g/mol. The number of aryl methyl sites for hydroxylation is 1. The molecule has 0 aliphatic carbocycles. The molecule has 1 atom stereocenters. The van der Waals surface area contributed by atoms with E-state index in [4.69, 9.17) is 0 Å². The Morgan fingerprint density at radius 1 is 1.47 bits per heavy atom. The minimum atomic E-state index is -0.789. The van der Waals surface area contributed by atoms with E-state index in [0.29, 0.717) is 0 Å². The van der Waals surface area contributed by atoms with Crippen molar-refractivity contribution in [3.63, 3.8) is 0 Å². The van der Waals surface area contributed by atoms with Gasteiger partial charge < -0.3 is 10.1 Å². The van der Waals surface area contributed by atoms with Gasteiger partial charge in [0.15, 0.2) is 0 Å². The molecule has 0 spiro atoms. The number of aromatic amines is 1. The maximum atomic E-state index is 11.2. The van der Waals surface area contributed by atoms with Crippen LogP contribution in [-0.2, 0) is 11.2 Å². The van der Waals surface area contributed by atoms with Gasteiger partial charge in [0.2, 0.25) is 0 Å². The van der Waals surface area contributed by atoms with Crippen LogP contribution in [0.3, 0.4) is 0 Å². The second kappa shape index (κ2) is 5.78. The number of carboxylic acid groups (broad SMARTS) is 1. The standard InChI is InChI=1S/C15H18BrNO2/c1-3-4-5-12-11-7-6-10(16)8-13(11)17-14(12)9(2)15(18)19/h6-9,17H,3-5H2,1-2H3,(H,18,19). The molecule has 2 aromatic rings. The Morgan fingerprint density at radius 2 is 2.21 bits per heavy atom. The molecule has 0 aliphatic heterocycles. The van der Waals surface area contributed by atoms with Crippen molar-refractivity contribution in [2.75, 3.05) is 0 Å². The van der Waals surface area contributed by atoms with E-state index in [0.717, 1.165) is 45.9 Å². The predicted molar refractivity (Wildman–Crippen MR) is 80.7 cm³/mol. The third-order valence-corrected chi connectivity index (χ3v) is 3.98. The zero-order valence-corrected chi connectivity index (χ0v) is 12.8. The van der Waals surface area contributed by atoms with Crippen LogP contribution in [0.5, 0.6) is 0 Å². The highest BCUT2D eigenvalue weighted by Crippen LogP contribution is 2.31. The number of fused-ring (bicyclic) bond motifs is 1. The zero-order chi connectivity index (χ0) is 14.0. The number of halogens is 1. The summed E-state index contributed by atoms with van der Waals surface area (Å²) in [6.07, 6.45) is 3.09. The van der Waals surface area contributed by atoms with Gasteiger partial charge in [-0.05, 0) is 37.5 Å². The second-order valence-electron chi connectivity index (χ2n) is 4.87. The molecule has 4 heteroatoms. The maximum Gasteiger partial charge on any atom is 0.312 e. The van der Waals surface area contributed by atoms with Crippen molar-refractivity contribution < 1.29 is 9.90 Å². The van der Waals surface area contributed by atoms with E-state index in [-0.39, 0.29) is 0 Å². The van der Waals surface area contributed by atoms with Gasteiger partial charge in [0, 0.05) is 21.1 Å². The van der Waals surface area contributed by atoms with E-state index in [9.17, 15) is 9.90 Å². The van der Waals surface area contributed by atoms with E-state index in [1.54, 1.807) is 6.92 Å². The molecule has 0 aliphatic rings. The molecule has 1 aromatic heterocycles. The average molecular weight is 324 g/mol. The number of carboxylic acids is 1. The van der Waals surface area contributed by atoms with Crippen molar-refractivity contribution in [3.8, 4) is 0 Å². The van der Waals surface area contributed by atoms with Gasteiger partial charge >= 0.3 is 5.97 Å². The lowest BCUT2D eigenvalue weighted by Gasteiger charge is -2.08. The van der Waals surface area contributed by atoms with Crippen LogP contribution in [-0.4, -0.2) is 16.1 Å². The van der Waals surface area contributed by atoms with Crippen molar-refractivity contribution in [3.05, 3.63) is 33.9 Å². The highest BCUT2D eigenvalue weighted by Gasteiger charge is 2.21. The molecule has 2 N–H and O–H groups in total. The van der Waals surface area contributed by atoms with Gasteiger partial charge in [-0.3, -0.25) is 4.79 Å². The highest BCUT2D eigenvalue weighted by atomic mass is 79.9. The Balaban J connectivity index is 2.56. The van der Waals surface area contributed by atoms with E-state index < -0.39 is 11.9 Å². The Morgan fingerprint density at radius 3 is 2.84 bits per heavy atom. The monoisotopic (exact) mass is 323 g/mol. The van der Waals surface area contributed by atoms with Gasteiger partial charge in [-0.15, -0.1) is 0 Å². The number of hydrogen-bond acceptors (Lipinski definition) is 1. The summed E-state index contributed by atoms with van der Waals surface area (Å²) in [7, 11) is 0. The van der Waals surface area contributed by atoms with Crippen molar-refractivity contribution in [2.24, 2.45) is 0 Å². The van der Waals surface area contributed by atoms with Gasteiger partial charge in [0.1, 0.15) is 0 Å². The predicted octanol–water partition coefficient (Wildman–Crippen LogP) is 4.46. The quantitative estimate of drug-likeness (QED) is 0.853. The first-order valence-corrected chi connectivity index (χ1v) is 7.36. The summed E-state index contributed by atoms with van der Waals surface area (Å²) >= 11 is 3.45. The number of nitrogens with one attached hydrogen (secondary N) is 1. The van der Waals surface area contributed by atoms with Crippen LogP contribution in [0.2, 0.25) is 0 Å². The average Bonchev–Trinajstić information content (AvgIpc) is 2.72. The zero-order valence-electron chi connectivity index (χ0n) is 11.2. The first-order chi connectivity index (χ1) is 9.04. The molecule has 1 aromatic carbocycles. The summed E-state index contributed by atoms with van der Waals surface area (Å²) in [5, 5.41) is 10.4. The number of unbranched alkanes of at least 4 members (excludes halogenated alkanes) is 1. The number of rotatable bonds is 5. The Labute approximate surface area is 121 Å². The molecule has 19 heavy (non-hydrogen) atoms. The normalized spacial score (nSPS) is 12.8. The molecule has 3 nitrogen and oxygen atoms in total. The van der Waals surface area contributed by atoms with E-state index >= 15 is 0 Å². The van der Waals surface area contributed by atoms with Crippen LogP contribution in [0.25, 0.3) is 10.9 Å². The van der Waals surface area contributed by atoms with Gasteiger partial charge in [-0.1, -0.05) is 35.3 Å². The van der Waals surface area contributed by atoms with Crippen LogP contribution in [0.15, 0.2) is 22.7 Å². The van der Waals surface area contributed by atoms with Crippen molar-refractivity contribution in [1.82, 2.24) is 4.98 Å². The SMILES string of the molecule is CCCCc1c(C(C)C(=O)O)[nH]c2cc(Br)ccc12. The summed E-state index contributed by atoms with van der Waals surface area (Å²) in [6.45, 7) is 3.88. The lowest BCUT2D eigenvalue weighted by atomic mass is 9.98. The molecular formula is C15H18BrNO2. The van der Waals surface area contributed by atoms with Gasteiger partial charge in [0.25, 0.3) is 0 Å². The fourth-order valence-electron chi connectivity index (χ4n) is 2.36. The summed E-state index contributed by atoms with van der Waals surface area (Å²) in [5.41, 5.74) is 3.00. The molecule has 1 unspecified atom stereocenters. The summed E-state index contributed by atoms with van der Waals surface area (Å²) < 4.78 is 0.998. The first kappa shape index (κ1) is 14.1. The highest BCUT2D eigenvalue weighted by molar-refractivity contribution is 9.10. The first-order valence-electron chi connectivity index (χ1n) is 6.57. The van der Waals surface area contributed by atoms with Crippen molar-refractivity contribution >= 4 is 32.8 Å². The second-order valence-corrected chi connectivity index (χ2v) is 5.79. The van der Waals surface area contributed by atoms with E-state index in [1.165, 1.54) is 0 Å². The molecule has 0 bridgehead atoms. The van der Waals surface area contributed by atoms with Gasteiger partial charge in [-0.25, -0.2) is 0 Å². The van der Waals surface area contributed by atoms with Crippen molar-refractivity contribution in [1.29, 1.82) is 0 Å². The fraction of sp³-hybridized carbons (Fsp3) is 0.400. The molecule has 0 fully saturated rings. The number of aliphatic carboxylic acids is 1.